The first-order chi connectivity index (χ1) is 9.14. The molecule has 9 nitrogen and oxygen atoms in total. The Labute approximate surface area is 120 Å². The van der Waals surface area contributed by atoms with Crippen LogP contribution in [0.1, 0.15) is 0 Å². The molecule has 11 heteroatoms. The summed E-state index contributed by atoms with van der Waals surface area (Å²) in [7, 11) is -4.80. The third-order valence-corrected chi connectivity index (χ3v) is 8.47. The van der Waals surface area contributed by atoms with Crippen LogP contribution in [0.4, 0.5) is 0 Å². The van der Waals surface area contributed by atoms with Crippen molar-refractivity contribution in [1.82, 2.24) is 0 Å². The topological polar surface area (TPSA) is 165 Å². The maximum absolute atomic E-state index is 10.6. The molecule has 6 N–H and O–H groups in total. The van der Waals surface area contributed by atoms with Gasteiger partial charge >= 0.3 is 120 Å². The van der Waals surface area contributed by atoms with E-state index < -0.39 is 61.4 Å². The number of rotatable bonds is 6. The van der Waals surface area contributed by atoms with Gasteiger partial charge in [-0.1, -0.05) is 0 Å². The first kappa shape index (κ1) is 18.2. The monoisotopic (exact) mass is 383 g/mol. The van der Waals surface area contributed by atoms with E-state index >= 15 is 0 Å². The molecule has 0 aliphatic carbocycles. The second-order valence-electron chi connectivity index (χ2n) is 4.55. The van der Waals surface area contributed by atoms with E-state index in [-0.39, 0.29) is 16.0 Å². The number of aliphatic hydroxyl groups is 5. The molecule has 120 valence electrons. The summed E-state index contributed by atoms with van der Waals surface area (Å²) in [6.45, 7) is -0.812. The number of hydrogen-bond acceptors (Lipinski definition) is 8. The summed E-state index contributed by atoms with van der Waals surface area (Å²) in [6.07, 6.45) is -6.27. The zero-order valence-electron chi connectivity index (χ0n) is 10.4. The molecule has 0 radical (unpaired) electrons. The van der Waals surface area contributed by atoms with E-state index in [1.807, 2.05) is 0 Å². The van der Waals surface area contributed by atoms with Crippen LogP contribution in [0.25, 0.3) is 0 Å². The van der Waals surface area contributed by atoms with E-state index in [2.05, 4.69) is 4.18 Å². The van der Waals surface area contributed by atoms with Crippen LogP contribution in [-0.4, -0.2) is 89.5 Å². The van der Waals surface area contributed by atoms with Crippen LogP contribution in [0.15, 0.2) is 0 Å². The quantitative estimate of drug-likeness (QED) is 0.209. The molecule has 1 heterocycles. The third kappa shape index (κ3) is 5.52. The van der Waals surface area contributed by atoms with Gasteiger partial charge in [-0.2, -0.15) is 0 Å². The van der Waals surface area contributed by atoms with Crippen molar-refractivity contribution in [2.45, 2.75) is 46.5 Å². The van der Waals surface area contributed by atoms with E-state index in [1.54, 1.807) is 0 Å². The van der Waals surface area contributed by atoms with Crippen LogP contribution in [0.3, 0.4) is 0 Å². The zero-order valence-corrected chi connectivity index (χ0v) is 13.0. The molecule has 0 aromatic carbocycles. The normalized spacial score (nSPS) is 34.7. The van der Waals surface area contributed by atoms with Gasteiger partial charge in [0.1, 0.15) is 0 Å². The predicted molar refractivity (Wildman–Crippen MR) is 67.7 cm³/mol. The Kier molecular flexibility index (Phi) is 6.80. The molecule has 2 unspecified atom stereocenters. The van der Waals surface area contributed by atoms with E-state index in [9.17, 15) is 28.8 Å². The zero-order chi connectivity index (χ0) is 15.5. The first-order valence-electron chi connectivity index (χ1n) is 5.77. The standard InChI is InChI=1S/C9H18O9SSe/c10-1-8(18-19(15,16)17)5(11)2-20-3-6(12)9(14)7(13)4-20/h5-14H,1-4H2/p+1/t5-,6-,7+,8+,9?,20?/m1/s1. The number of hydrogen-bond donors (Lipinski definition) is 6. The molecular formula is C9H19O9SSe+. The van der Waals surface area contributed by atoms with Gasteiger partial charge in [-0.05, 0) is 0 Å². The van der Waals surface area contributed by atoms with Gasteiger partial charge in [-0.25, -0.2) is 0 Å². The minimum atomic E-state index is -4.80. The van der Waals surface area contributed by atoms with Crippen LogP contribution in [0.5, 0.6) is 0 Å². The number of aliphatic hydroxyl groups excluding tert-OH is 5. The van der Waals surface area contributed by atoms with Crippen molar-refractivity contribution < 1.29 is 42.7 Å². The van der Waals surface area contributed by atoms with Gasteiger partial charge < -0.3 is 0 Å². The molecular weight excluding hydrogens is 363 g/mol. The molecule has 0 amide bonds. The summed E-state index contributed by atoms with van der Waals surface area (Å²) in [5.74, 6) is 0. The molecule has 1 aliphatic heterocycles. The molecule has 1 rings (SSSR count). The Morgan fingerprint density at radius 3 is 2.10 bits per heavy atom. The van der Waals surface area contributed by atoms with Gasteiger partial charge in [0.2, 0.25) is 0 Å². The third-order valence-electron chi connectivity index (χ3n) is 2.86. The maximum atomic E-state index is 10.6. The van der Waals surface area contributed by atoms with E-state index in [0.29, 0.717) is 0 Å². The Morgan fingerprint density at radius 1 is 1.20 bits per heavy atom. The SMILES string of the molecule is O=S(=O)(O)O[C@@H](CO)[C@H](O)C[Se+]1C[C@@H](O)C(O)[C@@H](O)C1. The van der Waals surface area contributed by atoms with Gasteiger partial charge in [0, 0.05) is 0 Å². The summed E-state index contributed by atoms with van der Waals surface area (Å²) >= 11 is -1.71. The Hall–Kier alpha value is 0.189. The summed E-state index contributed by atoms with van der Waals surface area (Å²) in [5.41, 5.74) is 0. The fourth-order valence-electron chi connectivity index (χ4n) is 1.86. The minimum absolute atomic E-state index is 0.0571. The summed E-state index contributed by atoms with van der Waals surface area (Å²) in [6, 6.07) is 0. The van der Waals surface area contributed by atoms with Crippen molar-refractivity contribution >= 4 is 24.3 Å². The molecule has 20 heavy (non-hydrogen) atoms. The fourth-order valence-corrected chi connectivity index (χ4v) is 7.54. The Balaban J connectivity index is 2.58. The van der Waals surface area contributed by atoms with Crippen molar-refractivity contribution in [3.8, 4) is 0 Å². The molecule has 1 fully saturated rings. The van der Waals surface area contributed by atoms with Gasteiger partial charge in [0.25, 0.3) is 0 Å². The van der Waals surface area contributed by atoms with Crippen molar-refractivity contribution in [1.29, 1.82) is 0 Å². The molecule has 6 atom stereocenters. The molecule has 1 saturated heterocycles. The second-order valence-corrected chi connectivity index (χ2v) is 10.3. The van der Waals surface area contributed by atoms with E-state index in [0.717, 1.165) is 0 Å². The van der Waals surface area contributed by atoms with Crippen molar-refractivity contribution in [3.63, 3.8) is 0 Å². The Morgan fingerprint density at radius 2 is 1.70 bits per heavy atom. The van der Waals surface area contributed by atoms with Crippen molar-refractivity contribution in [2.75, 3.05) is 6.61 Å². The average Bonchev–Trinajstić information content (AvgIpc) is 2.31. The average molecular weight is 382 g/mol. The first-order valence-corrected chi connectivity index (χ1v) is 10.8. The van der Waals surface area contributed by atoms with Gasteiger partial charge in [-0.15, -0.1) is 0 Å². The fraction of sp³-hybridized carbons (Fsp3) is 1.00. The van der Waals surface area contributed by atoms with Gasteiger partial charge in [0.05, 0.1) is 0 Å². The van der Waals surface area contributed by atoms with Crippen LogP contribution >= 0.6 is 0 Å². The van der Waals surface area contributed by atoms with Crippen LogP contribution in [0, 0.1) is 0 Å². The van der Waals surface area contributed by atoms with Gasteiger partial charge in [0.15, 0.2) is 0 Å². The van der Waals surface area contributed by atoms with Crippen LogP contribution < -0.4 is 0 Å². The molecule has 0 bridgehead atoms. The second kappa shape index (κ2) is 7.45. The molecule has 0 aromatic rings. The van der Waals surface area contributed by atoms with Crippen LogP contribution in [-0.2, 0) is 14.6 Å². The van der Waals surface area contributed by atoms with Crippen LogP contribution in [0.2, 0.25) is 16.0 Å². The van der Waals surface area contributed by atoms with Crippen molar-refractivity contribution in [3.05, 3.63) is 0 Å². The van der Waals surface area contributed by atoms with Gasteiger partial charge in [-0.3, -0.25) is 0 Å². The predicted octanol–water partition coefficient (Wildman–Crippen LogP) is -2.88. The Bertz CT molecular complexity index is 390. The molecule has 0 aromatic heterocycles. The van der Waals surface area contributed by atoms with E-state index in [1.165, 1.54) is 0 Å². The summed E-state index contributed by atoms with van der Waals surface area (Å²) in [5, 5.41) is 47.7. The molecule has 0 saturated carbocycles. The van der Waals surface area contributed by atoms with E-state index in [4.69, 9.17) is 9.66 Å². The molecule has 0 spiro atoms. The summed E-state index contributed by atoms with van der Waals surface area (Å²) in [4.78, 5) is 0. The molecule has 1 aliphatic rings. The summed E-state index contributed by atoms with van der Waals surface area (Å²) < 4.78 is 33.8. The van der Waals surface area contributed by atoms with Crippen molar-refractivity contribution in [2.24, 2.45) is 0 Å².